The summed E-state index contributed by atoms with van der Waals surface area (Å²) >= 11 is 0. The zero-order chi connectivity index (χ0) is 8.97. The predicted octanol–water partition coefficient (Wildman–Crippen LogP) is 1.34. The van der Waals surface area contributed by atoms with Crippen molar-refractivity contribution in [1.82, 2.24) is 9.78 Å². The van der Waals surface area contributed by atoms with Crippen LogP contribution in [0.5, 0.6) is 0 Å². The van der Waals surface area contributed by atoms with Gasteiger partial charge in [0, 0.05) is 18.7 Å². The number of rotatable bonds is 4. The molecule has 0 bridgehead atoms. The number of hydrogen-bond acceptors (Lipinski definition) is 2. The summed E-state index contributed by atoms with van der Waals surface area (Å²) in [6.45, 7) is 4.98. The Morgan fingerprint density at radius 3 is 3.00 bits per heavy atom. The molecule has 0 amide bonds. The first kappa shape index (κ1) is 8.97. The third-order valence-electron chi connectivity index (χ3n) is 1.87. The van der Waals surface area contributed by atoms with E-state index >= 15 is 0 Å². The van der Waals surface area contributed by atoms with E-state index in [1.165, 1.54) is 0 Å². The molecule has 3 nitrogen and oxygen atoms in total. The Morgan fingerprint density at radius 2 is 2.42 bits per heavy atom. The van der Waals surface area contributed by atoms with Crippen molar-refractivity contribution in [3.63, 3.8) is 0 Å². The minimum absolute atomic E-state index is 0.478. The van der Waals surface area contributed by atoms with Gasteiger partial charge in [-0.3, -0.25) is 4.68 Å². The van der Waals surface area contributed by atoms with Crippen LogP contribution in [0.1, 0.15) is 24.6 Å². The van der Waals surface area contributed by atoms with E-state index < -0.39 is 0 Å². The molecule has 1 heterocycles. The second-order valence-corrected chi connectivity index (χ2v) is 2.87. The smallest absolute Gasteiger partial charge is 0.125 e. The van der Waals surface area contributed by atoms with E-state index in [1.807, 2.05) is 17.8 Å². The molecule has 0 unspecified atom stereocenters. The molecule has 0 aliphatic rings. The zero-order valence-corrected chi connectivity index (χ0v) is 7.58. The van der Waals surface area contributed by atoms with Crippen LogP contribution in [-0.4, -0.2) is 16.1 Å². The summed E-state index contributed by atoms with van der Waals surface area (Å²) in [7, 11) is 0. The average Bonchev–Trinajstić information content (AvgIpc) is 2.37. The summed E-state index contributed by atoms with van der Waals surface area (Å²) in [5.41, 5.74) is 2.16. The van der Waals surface area contributed by atoms with Crippen molar-refractivity contribution < 1.29 is 4.79 Å². The average molecular weight is 166 g/mol. The Labute approximate surface area is 72.4 Å². The van der Waals surface area contributed by atoms with Gasteiger partial charge >= 0.3 is 0 Å². The topological polar surface area (TPSA) is 34.9 Å². The van der Waals surface area contributed by atoms with E-state index in [1.54, 1.807) is 0 Å². The summed E-state index contributed by atoms with van der Waals surface area (Å²) in [4.78, 5) is 10.3. The van der Waals surface area contributed by atoms with E-state index in [4.69, 9.17) is 0 Å². The van der Waals surface area contributed by atoms with Gasteiger partial charge in [0.15, 0.2) is 0 Å². The molecule has 12 heavy (non-hydrogen) atoms. The van der Waals surface area contributed by atoms with Gasteiger partial charge in [-0.15, -0.1) is 0 Å². The second kappa shape index (κ2) is 4.04. The van der Waals surface area contributed by atoms with Crippen molar-refractivity contribution in [2.24, 2.45) is 0 Å². The molecule has 1 rings (SSSR count). The molecule has 66 valence electrons. The maximum absolute atomic E-state index is 10.3. The highest BCUT2D eigenvalue weighted by Gasteiger charge is 2.04. The predicted molar refractivity (Wildman–Crippen MR) is 47.0 cm³/mol. The number of carbonyl (C=O) groups excluding carboxylic acids is 1. The quantitative estimate of drug-likeness (QED) is 0.633. The van der Waals surface area contributed by atoms with Gasteiger partial charge < -0.3 is 4.79 Å². The molecule has 0 saturated carbocycles. The molecular formula is C9H14N2O. The highest BCUT2D eigenvalue weighted by molar-refractivity contribution is 5.54. The lowest BCUT2D eigenvalue weighted by Gasteiger charge is -2.03. The molecule has 0 fully saturated rings. The first-order valence-corrected chi connectivity index (χ1v) is 4.24. The fraction of sp³-hybridized carbons (Fsp3) is 0.556. The van der Waals surface area contributed by atoms with E-state index in [0.717, 1.165) is 30.5 Å². The first-order chi connectivity index (χ1) is 5.79. The van der Waals surface area contributed by atoms with Crippen LogP contribution in [0.4, 0.5) is 0 Å². The van der Waals surface area contributed by atoms with E-state index in [-0.39, 0.29) is 0 Å². The molecule has 1 aromatic rings. The maximum atomic E-state index is 10.3. The van der Waals surface area contributed by atoms with Crippen LogP contribution in [0.3, 0.4) is 0 Å². The van der Waals surface area contributed by atoms with Gasteiger partial charge in [-0.1, -0.05) is 6.92 Å². The Hall–Kier alpha value is -1.12. The Morgan fingerprint density at radius 1 is 1.67 bits per heavy atom. The molecule has 0 N–H and O–H groups in total. The molecule has 0 atom stereocenters. The molecule has 0 radical (unpaired) electrons. The number of aromatic nitrogens is 2. The fourth-order valence-corrected chi connectivity index (χ4v) is 1.25. The van der Waals surface area contributed by atoms with Gasteiger partial charge in [0.25, 0.3) is 0 Å². The monoisotopic (exact) mass is 166 g/mol. The molecule has 0 aliphatic heterocycles. The first-order valence-electron chi connectivity index (χ1n) is 4.24. The van der Waals surface area contributed by atoms with Gasteiger partial charge in [-0.2, -0.15) is 5.10 Å². The molecule has 0 spiro atoms. The molecule has 0 aromatic carbocycles. The zero-order valence-electron chi connectivity index (χ0n) is 7.58. The number of hydrogen-bond donors (Lipinski definition) is 0. The lowest BCUT2D eigenvalue weighted by Crippen LogP contribution is -2.05. The number of nitrogens with zero attached hydrogens (tertiary/aromatic N) is 2. The van der Waals surface area contributed by atoms with Crippen LogP contribution in [-0.2, 0) is 17.8 Å². The highest BCUT2D eigenvalue weighted by atomic mass is 16.1. The summed E-state index contributed by atoms with van der Waals surface area (Å²) in [6, 6.07) is 0. The molecule has 3 heteroatoms. The van der Waals surface area contributed by atoms with Crippen LogP contribution < -0.4 is 0 Å². The van der Waals surface area contributed by atoms with Gasteiger partial charge in [0.05, 0.1) is 6.20 Å². The normalized spacial score (nSPS) is 10.2. The number of aldehydes is 1. The highest BCUT2D eigenvalue weighted by Crippen LogP contribution is 2.07. The van der Waals surface area contributed by atoms with Crippen LogP contribution in [0.15, 0.2) is 6.20 Å². The molecule has 1 aromatic heterocycles. The van der Waals surface area contributed by atoms with Crippen LogP contribution in [0.2, 0.25) is 0 Å². The third-order valence-corrected chi connectivity index (χ3v) is 1.87. The summed E-state index contributed by atoms with van der Waals surface area (Å²) in [6.07, 6.45) is 4.27. The lowest BCUT2D eigenvalue weighted by atomic mass is 10.2. The summed E-state index contributed by atoms with van der Waals surface area (Å²) in [5.74, 6) is 0. The van der Waals surface area contributed by atoms with Crippen molar-refractivity contribution in [3.8, 4) is 0 Å². The minimum Gasteiger partial charge on any atom is -0.303 e. The van der Waals surface area contributed by atoms with Crippen molar-refractivity contribution in [3.05, 3.63) is 17.5 Å². The largest absolute Gasteiger partial charge is 0.303 e. The van der Waals surface area contributed by atoms with Crippen LogP contribution in [0, 0.1) is 6.92 Å². The van der Waals surface area contributed by atoms with Gasteiger partial charge in [0.2, 0.25) is 0 Å². The standard InChI is InChI=1S/C9H14N2O/c1-3-5-11-9(4-6-12)8(2)7-10-11/h6-7H,3-5H2,1-2H3. The van der Waals surface area contributed by atoms with Gasteiger partial charge in [-0.05, 0) is 18.9 Å². The molecular weight excluding hydrogens is 152 g/mol. The number of aryl methyl sites for hydroxylation is 2. The van der Waals surface area contributed by atoms with E-state index in [9.17, 15) is 4.79 Å². The molecule has 0 aliphatic carbocycles. The van der Waals surface area contributed by atoms with Gasteiger partial charge in [0.1, 0.15) is 6.29 Å². The summed E-state index contributed by atoms with van der Waals surface area (Å²) in [5, 5.41) is 4.18. The number of carbonyl (C=O) groups is 1. The van der Waals surface area contributed by atoms with Crippen LogP contribution in [0.25, 0.3) is 0 Å². The third kappa shape index (κ3) is 1.72. The van der Waals surface area contributed by atoms with Crippen LogP contribution >= 0.6 is 0 Å². The Bertz CT molecular complexity index is 265. The minimum atomic E-state index is 0.478. The van der Waals surface area contributed by atoms with Crippen molar-refractivity contribution >= 4 is 6.29 Å². The lowest BCUT2D eigenvalue weighted by molar-refractivity contribution is -0.107. The fourth-order valence-electron chi connectivity index (χ4n) is 1.25. The van der Waals surface area contributed by atoms with Gasteiger partial charge in [-0.25, -0.2) is 0 Å². The van der Waals surface area contributed by atoms with Crippen molar-refractivity contribution in [2.75, 3.05) is 0 Å². The summed E-state index contributed by atoms with van der Waals surface area (Å²) < 4.78 is 1.91. The SMILES string of the molecule is CCCn1ncc(C)c1CC=O. The van der Waals surface area contributed by atoms with Crippen molar-refractivity contribution in [2.45, 2.75) is 33.2 Å². The van der Waals surface area contributed by atoms with Crippen molar-refractivity contribution in [1.29, 1.82) is 0 Å². The Balaban J connectivity index is 2.86. The van der Waals surface area contributed by atoms with E-state index in [2.05, 4.69) is 12.0 Å². The second-order valence-electron chi connectivity index (χ2n) is 2.87. The Kier molecular flexibility index (Phi) is 3.02. The van der Waals surface area contributed by atoms with E-state index in [0.29, 0.717) is 6.42 Å². The maximum Gasteiger partial charge on any atom is 0.125 e. The molecule has 0 saturated heterocycles.